The molecular formula is C23H27N3O4. The molecule has 1 heterocycles. The molecule has 1 amide bonds. The van der Waals surface area contributed by atoms with Gasteiger partial charge in [-0.25, -0.2) is 4.68 Å². The molecule has 0 saturated carbocycles. The van der Waals surface area contributed by atoms with Crippen molar-refractivity contribution in [1.29, 1.82) is 0 Å². The molecule has 30 heavy (non-hydrogen) atoms. The van der Waals surface area contributed by atoms with Crippen molar-refractivity contribution < 1.29 is 19.0 Å². The van der Waals surface area contributed by atoms with Crippen molar-refractivity contribution in [3.63, 3.8) is 0 Å². The van der Waals surface area contributed by atoms with E-state index in [1.165, 1.54) is 5.56 Å². The molecule has 3 rings (SSSR count). The number of nitrogens with one attached hydrogen (secondary N) is 1. The number of carbonyl (C=O) groups excluding carboxylic acids is 1. The summed E-state index contributed by atoms with van der Waals surface area (Å²) >= 11 is 0. The van der Waals surface area contributed by atoms with Gasteiger partial charge in [0.25, 0.3) is 0 Å². The molecule has 0 atom stereocenters. The van der Waals surface area contributed by atoms with Crippen LogP contribution >= 0.6 is 0 Å². The minimum atomic E-state index is -0.140. The van der Waals surface area contributed by atoms with Crippen LogP contribution in [0.25, 0.3) is 0 Å². The van der Waals surface area contributed by atoms with Crippen LogP contribution in [0.1, 0.15) is 23.1 Å². The molecule has 0 aliphatic heterocycles. The second-order valence-corrected chi connectivity index (χ2v) is 6.94. The SMILES string of the molecule is COc1cccc(Cn2nccc2NC(=O)CCOc2ccc(C)cc2C)c1OC. The molecule has 158 valence electrons. The fourth-order valence-corrected chi connectivity index (χ4v) is 3.22. The average Bonchev–Trinajstić information content (AvgIpc) is 3.15. The van der Waals surface area contributed by atoms with Gasteiger partial charge in [-0.1, -0.05) is 29.8 Å². The number of amides is 1. The highest BCUT2D eigenvalue weighted by atomic mass is 16.5. The van der Waals surface area contributed by atoms with E-state index in [-0.39, 0.29) is 12.3 Å². The lowest BCUT2D eigenvalue weighted by Gasteiger charge is -2.14. The summed E-state index contributed by atoms with van der Waals surface area (Å²) in [6, 6.07) is 13.4. The number of aromatic nitrogens is 2. The molecule has 7 nitrogen and oxygen atoms in total. The second-order valence-electron chi connectivity index (χ2n) is 6.94. The molecular weight excluding hydrogens is 382 g/mol. The molecule has 0 radical (unpaired) electrons. The fraction of sp³-hybridized carbons (Fsp3) is 0.304. The third kappa shape index (κ3) is 5.11. The van der Waals surface area contributed by atoms with E-state index in [4.69, 9.17) is 14.2 Å². The van der Waals surface area contributed by atoms with E-state index in [2.05, 4.69) is 16.5 Å². The standard InChI is InChI=1S/C23H27N3O4/c1-16-8-9-19(17(2)14-16)30-13-11-22(27)25-21-10-12-24-26(21)15-18-6-5-7-20(28-3)23(18)29-4/h5-10,12,14H,11,13,15H2,1-4H3,(H,25,27). The van der Waals surface area contributed by atoms with Gasteiger partial charge >= 0.3 is 0 Å². The Kier molecular flexibility index (Phi) is 6.95. The zero-order chi connectivity index (χ0) is 21.5. The number of methoxy groups -OCH3 is 2. The summed E-state index contributed by atoms with van der Waals surface area (Å²) < 4.78 is 18.3. The smallest absolute Gasteiger partial charge is 0.228 e. The van der Waals surface area contributed by atoms with Crippen LogP contribution < -0.4 is 19.5 Å². The number of rotatable bonds is 9. The van der Waals surface area contributed by atoms with E-state index in [1.807, 2.05) is 44.2 Å². The van der Waals surface area contributed by atoms with Crippen LogP contribution in [0.4, 0.5) is 5.82 Å². The van der Waals surface area contributed by atoms with Crippen molar-refractivity contribution in [1.82, 2.24) is 9.78 Å². The zero-order valence-corrected chi connectivity index (χ0v) is 17.8. The lowest BCUT2D eigenvalue weighted by Crippen LogP contribution is -2.18. The Balaban J connectivity index is 1.60. The monoisotopic (exact) mass is 409 g/mol. The van der Waals surface area contributed by atoms with Crippen LogP contribution in [-0.4, -0.2) is 36.5 Å². The van der Waals surface area contributed by atoms with Crippen LogP contribution in [0, 0.1) is 13.8 Å². The van der Waals surface area contributed by atoms with Gasteiger partial charge in [-0.3, -0.25) is 4.79 Å². The Bertz CT molecular complexity index is 1010. The third-order valence-corrected chi connectivity index (χ3v) is 4.71. The molecule has 0 aliphatic carbocycles. The minimum absolute atomic E-state index is 0.140. The van der Waals surface area contributed by atoms with E-state index >= 15 is 0 Å². The van der Waals surface area contributed by atoms with Gasteiger partial charge in [-0.05, 0) is 31.5 Å². The second kappa shape index (κ2) is 9.82. The van der Waals surface area contributed by atoms with Gasteiger partial charge in [0.15, 0.2) is 11.5 Å². The summed E-state index contributed by atoms with van der Waals surface area (Å²) in [5.41, 5.74) is 3.13. The summed E-state index contributed by atoms with van der Waals surface area (Å²) in [6.45, 7) is 4.76. The lowest BCUT2D eigenvalue weighted by molar-refractivity contribution is -0.116. The first-order valence-corrected chi connectivity index (χ1v) is 9.73. The number of ether oxygens (including phenoxy) is 3. The number of benzene rings is 2. The van der Waals surface area contributed by atoms with Crippen molar-refractivity contribution in [2.45, 2.75) is 26.8 Å². The molecule has 0 spiro atoms. The molecule has 0 bridgehead atoms. The Morgan fingerprint density at radius 1 is 1.07 bits per heavy atom. The molecule has 3 aromatic rings. The van der Waals surface area contributed by atoms with Gasteiger partial charge in [0.2, 0.25) is 5.91 Å². The predicted octanol–water partition coefficient (Wildman–Crippen LogP) is 3.97. The highest BCUT2D eigenvalue weighted by molar-refractivity contribution is 5.89. The fourth-order valence-electron chi connectivity index (χ4n) is 3.22. The predicted molar refractivity (Wildman–Crippen MR) is 116 cm³/mol. The number of aryl methyl sites for hydroxylation is 2. The average molecular weight is 409 g/mol. The number of hydrogen-bond acceptors (Lipinski definition) is 5. The van der Waals surface area contributed by atoms with Gasteiger partial charge in [-0.2, -0.15) is 5.10 Å². The van der Waals surface area contributed by atoms with E-state index < -0.39 is 0 Å². The van der Waals surface area contributed by atoms with Gasteiger partial charge in [0.05, 0.1) is 40.0 Å². The Hall–Kier alpha value is -3.48. The first-order chi connectivity index (χ1) is 14.5. The van der Waals surface area contributed by atoms with Crippen molar-refractivity contribution in [3.05, 3.63) is 65.4 Å². The van der Waals surface area contributed by atoms with Gasteiger partial charge in [0.1, 0.15) is 11.6 Å². The quantitative estimate of drug-likeness (QED) is 0.579. The summed E-state index contributed by atoms with van der Waals surface area (Å²) in [5, 5.41) is 7.21. The minimum Gasteiger partial charge on any atom is -0.493 e. The molecule has 2 aromatic carbocycles. The van der Waals surface area contributed by atoms with Gasteiger partial charge < -0.3 is 19.5 Å². The van der Waals surface area contributed by atoms with Crippen molar-refractivity contribution in [2.75, 3.05) is 26.1 Å². The van der Waals surface area contributed by atoms with E-state index in [0.29, 0.717) is 30.5 Å². The topological polar surface area (TPSA) is 74.6 Å². The highest BCUT2D eigenvalue weighted by Crippen LogP contribution is 2.31. The normalized spacial score (nSPS) is 10.5. The van der Waals surface area contributed by atoms with Crippen molar-refractivity contribution >= 4 is 11.7 Å². The Labute approximate surface area is 176 Å². The van der Waals surface area contributed by atoms with E-state index in [9.17, 15) is 4.79 Å². The molecule has 0 saturated heterocycles. The summed E-state index contributed by atoms with van der Waals surface area (Å²) in [5.74, 6) is 2.56. The number of para-hydroxylation sites is 1. The third-order valence-electron chi connectivity index (χ3n) is 4.71. The number of hydrogen-bond donors (Lipinski definition) is 1. The van der Waals surface area contributed by atoms with Crippen molar-refractivity contribution in [3.8, 4) is 17.2 Å². The lowest BCUT2D eigenvalue weighted by atomic mass is 10.1. The number of anilines is 1. The van der Waals surface area contributed by atoms with E-state index in [0.717, 1.165) is 16.9 Å². The molecule has 0 aliphatic rings. The Morgan fingerprint density at radius 2 is 1.90 bits per heavy atom. The maximum Gasteiger partial charge on any atom is 0.228 e. The summed E-state index contributed by atoms with van der Waals surface area (Å²) in [6.07, 6.45) is 1.88. The zero-order valence-electron chi connectivity index (χ0n) is 17.8. The van der Waals surface area contributed by atoms with Gasteiger partial charge in [0, 0.05) is 11.6 Å². The first-order valence-electron chi connectivity index (χ1n) is 9.73. The van der Waals surface area contributed by atoms with Gasteiger partial charge in [-0.15, -0.1) is 0 Å². The number of nitrogens with zero attached hydrogens (tertiary/aromatic N) is 2. The van der Waals surface area contributed by atoms with Crippen LogP contribution in [-0.2, 0) is 11.3 Å². The van der Waals surface area contributed by atoms with Crippen LogP contribution in [0.2, 0.25) is 0 Å². The van der Waals surface area contributed by atoms with Crippen LogP contribution in [0.3, 0.4) is 0 Å². The summed E-state index contributed by atoms with van der Waals surface area (Å²) in [4.78, 5) is 12.4. The maximum atomic E-state index is 12.4. The molecule has 1 N–H and O–H groups in total. The van der Waals surface area contributed by atoms with Crippen molar-refractivity contribution in [2.24, 2.45) is 0 Å². The maximum absolute atomic E-state index is 12.4. The highest BCUT2D eigenvalue weighted by Gasteiger charge is 2.13. The van der Waals surface area contributed by atoms with Crippen LogP contribution in [0.5, 0.6) is 17.2 Å². The van der Waals surface area contributed by atoms with E-state index in [1.54, 1.807) is 31.2 Å². The van der Waals surface area contributed by atoms with Crippen LogP contribution in [0.15, 0.2) is 48.7 Å². The largest absolute Gasteiger partial charge is 0.493 e. The first kappa shape index (κ1) is 21.2. The number of carbonyl (C=O) groups is 1. The molecule has 0 fully saturated rings. The summed E-state index contributed by atoms with van der Waals surface area (Å²) in [7, 11) is 3.20. The molecule has 1 aromatic heterocycles. The molecule has 7 heteroatoms. The Morgan fingerprint density at radius 3 is 2.63 bits per heavy atom. The molecule has 0 unspecified atom stereocenters.